The third kappa shape index (κ3) is 2.18. The van der Waals surface area contributed by atoms with Crippen molar-refractivity contribution in [2.75, 3.05) is 0 Å². The predicted molar refractivity (Wildman–Crippen MR) is 35.4 cm³/mol. The Morgan fingerprint density at radius 1 is 2.00 bits per heavy atom. The van der Waals surface area contributed by atoms with Crippen LogP contribution in [-0.4, -0.2) is 11.9 Å². The summed E-state index contributed by atoms with van der Waals surface area (Å²) >= 11 is 3.68. The van der Waals surface area contributed by atoms with Crippen LogP contribution in [-0.2, 0) is 4.79 Å². The first-order valence-electron chi connectivity index (χ1n) is 2.41. The van der Waals surface area contributed by atoms with Crippen molar-refractivity contribution in [3.05, 3.63) is 0 Å². The minimum atomic E-state index is -0.359. The third-order valence-electron chi connectivity index (χ3n) is 0.908. The third-order valence-corrected chi connectivity index (χ3v) is 1.22. The van der Waals surface area contributed by atoms with Crippen LogP contribution >= 0.6 is 12.8 Å². The highest BCUT2D eigenvalue weighted by Crippen LogP contribution is 1.88. The number of rotatable bonds is 3. The normalized spacial score (nSPS) is 13.2. The summed E-state index contributed by atoms with van der Waals surface area (Å²) in [6, 6.07) is -0.293. The molecule has 1 atom stereocenters. The van der Waals surface area contributed by atoms with E-state index in [1.807, 2.05) is 6.92 Å². The Labute approximate surface area is 54.2 Å². The zero-order chi connectivity index (χ0) is 6.57. The molecule has 0 aromatic carbocycles. The van der Waals surface area contributed by atoms with Crippen LogP contribution in [0.3, 0.4) is 0 Å². The number of nitrogens with one attached hydrogen (secondary N) is 1. The fraction of sp³-hybridized carbons (Fsp3) is 0.750. The zero-order valence-electron chi connectivity index (χ0n) is 4.72. The van der Waals surface area contributed by atoms with Crippen LogP contribution in [0.1, 0.15) is 13.3 Å². The highest BCUT2D eigenvalue weighted by Gasteiger charge is 2.07. The minimum absolute atomic E-state index is 0.293. The maximum Gasteiger partial charge on any atom is 0.235 e. The smallest absolute Gasteiger partial charge is 0.235 e. The molecule has 0 radical (unpaired) electrons. The number of primary amides is 1. The maximum absolute atomic E-state index is 10.3. The molecule has 0 aromatic heterocycles. The highest BCUT2D eigenvalue weighted by molar-refractivity contribution is 7.78. The van der Waals surface area contributed by atoms with E-state index in [2.05, 4.69) is 17.5 Å². The number of thiol groups is 1. The second kappa shape index (κ2) is 3.74. The molecule has 0 saturated heterocycles. The summed E-state index contributed by atoms with van der Waals surface area (Å²) in [6.07, 6.45) is 0.679. The molecule has 48 valence electrons. The number of carbonyl (C=O) groups excluding carboxylic acids is 1. The largest absolute Gasteiger partial charge is 0.368 e. The van der Waals surface area contributed by atoms with Crippen molar-refractivity contribution in [2.24, 2.45) is 5.73 Å². The molecule has 0 aliphatic heterocycles. The average molecular weight is 134 g/mol. The molecule has 3 nitrogen and oxygen atoms in total. The lowest BCUT2D eigenvalue weighted by molar-refractivity contribution is -0.119. The molecule has 0 fully saturated rings. The molecule has 0 heterocycles. The van der Waals surface area contributed by atoms with Gasteiger partial charge in [0, 0.05) is 0 Å². The van der Waals surface area contributed by atoms with E-state index in [1.165, 1.54) is 0 Å². The van der Waals surface area contributed by atoms with E-state index in [0.29, 0.717) is 6.42 Å². The molecular weight excluding hydrogens is 124 g/mol. The molecular formula is C4H10N2OS. The van der Waals surface area contributed by atoms with Crippen molar-refractivity contribution in [1.82, 2.24) is 4.72 Å². The fourth-order valence-corrected chi connectivity index (χ4v) is 0.666. The summed E-state index contributed by atoms with van der Waals surface area (Å²) < 4.78 is 2.47. The molecule has 0 aliphatic carbocycles. The summed E-state index contributed by atoms with van der Waals surface area (Å²) in [5, 5.41) is 0. The van der Waals surface area contributed by atoms with Crippen molar-refractivity contribution in [3.63, 3.8) is 0 Å². The summed E-state index contributed by atoms with van der Waals surface area (Å²) in [7, 11) is 0. The van der Waals surface area contributed by atoms with Crippen LogP contribution in [0.25, 0.3) is 0 Å². The predicted octanol–water partition coefficient (Wildman–Crippen LogP) is -0.315. The molecule has 0 spiro atoms. The summed E-state index contributed by atoms with van der Waals surface area (Å²) in [4.78, 5) is 10.3. The molecule has 0 saturated carbocycles. The number of hydrogen-bond donors (Lipinski definition) is 3. The van der Waals surface area contributed by atoms with Gasteiger partial charge in [-0.05, 0) is 6.42 Å². The Hall–Kier alpha value is -0.220. The van der Waals surface area contributed by atoms with Gasteiger partial charge in [-0.2, -0.15) is 0 Å². The SMILES string of the molecule is CCC(NS)C(N)=O. The Kier molecular flexibility index (Phi) is 3.64. The first kappa shape index (κ1) is 7.78. The zero-order valence-corrected chi connectivity index (χ0v) is 5.61. The van der Waals surface area contributed by atoms with Gasteiger partial charge in [0.25, 0.3) is 0 Å². The van der Waals surface area contributed by atoms with Crippen LogP contribution in [0, 0.1) is 0 Å². The van der Waals surface area contributed by atoms with Gasteiger partial charge >= 0.3 is 0 Å². The standard InChI is InChI=1S/C4H10N2OS/c1-2-3(6-8)4(5)7/h3,6,8H,2H2,1H3,(H2,5,7). The number of amides is 1. The monoisotopic (exact) mass is 134 g/mol. The Morgan fingerprint density at radius 2 is 2.50 bits per heavy atom. The van der Waals surface area contributed by atoms with Crippen molar-refractivity contribution in [3.8, 4) is 0 Å². The van der Waals surface area contributed by atoms with Crippen LogP contribution in [0.5, 0.6) is 0 Å². The Bertz CT molecular complexity index is 82.1. The molecule has 1 unspecified atom stereocenters. The maximum atomic E-state index is 10.3. The lowest BCUT2D eigenvalue weighted by atomic mass is 10.2. The van der Waals surface area contributed by atoms with E-state index in [0.717, 1.165) is 0 Å². The first-order valence-corrected chi connectivity index (χ1v) is 2.86. The van der Waals surface area contributed by atoms with Gasteiger partial charge in [0.1, 0.15) is 0 Å². The van der Waals surface area contributed by atoms with Gasteiger partial charge in [-0.3, -0.25) is 9.52 Å². The summed E-state index contributed by atoms with van der Waals surface area (Å²) in [6.45, 7) is 1.86. The van der Waals surface area contributed by atoms with Gasteiger partial charge in [-0.1, -0.05) is 19.7 Å². The van der Waals surface area contributed by atoms with Crippen molar-refractivity contribution in [2.45, 2.75) is 19.4 Å². The number of carbonyl (C=O) groups is 1. The molecule has 1 amide bonds. The second-order valence-corrected chi connectivity index (χ2v) is 1.75. The molecule has 0 rings (SSSR count). The second-order valence-electron chi connectivity index (χ2n) is 1.49. The fourth-order valence-electron chi connectivity index (χ4n) is 0.356. The molecule has 8 heavy (non-hydrogen) atoms. The van der Waals surface area contributed by atoms with Gasteiger partial charge in [0.05, 0.1) is 6.04 Å². The number of hydrogen-bond acceptors (Lipinski definition) is 3. The van der Waals surface area contributed by atoms with E-state index in [1.54, 1.807) is 0 Å². The first-order chi connectivity index (χ1) is 3.72. The summed E-state index contributed by atoms with van der Waals surface area (Å²) in [5.74, 6) is -0.359. The quantitative estimate of drug-likeness (QED) is 0.463. The minimum Gasteiger partial charge on any atom is -0.368 e. The van der Waals surface area contributed by atoms with Gasteiger partial charge in [-0.15, -0.1) is 0 Å². The van der Waals surface area contributed by atoms with Gasteiger partial charge in [0.2, 0.25) is 5.91 Å². The van der Waals surface area contributed by atoms with E-state index in [4.69, 9.17) is 5.73 Å². The van der Waals surface area contributed by atoms with Gasteiger partial charge in [-0.25, -0.2) is 0 Å². The molecule has 0 aromatic rings. The topological polar surface area (TPSA) is 55.1 Å². The average Bonchev–Trinajstić information content (AvgIpc) is 1.69. The summed E-state index contributed by atoms with van der Waals surface area (Å²) in [5.41, 5.74) is 4.91. The van der Waals surface area contributed by atoms with Crippen molar-refractivity contribution in [1.29, 1.82) is 0 Å². The van der Waals surface area contributed by atoms with Crippen LogP contribution in [0.15, 0.2) is 0 Å². The Balaban J connectivity index is 3.52. The van der Waals surface area contributed by atoms with Crippen LogP contribution in [0.4, 0.5) is 0 Å². The van der Waals surface area contributed by atoms with E-state index in [9.17, 15) is 4.79 Å². The number of nitrogens with two attached hydrogens (primary N) is 1. The van der Waals surface area contributed by atoms with Crippen LogP contribution < -0.4 is 10.5 Å². The lowest BCUT2D eigenvalue weighted by Crippen LogP contribution is -2.35. The van der Waals surface area contributed by atoms with Gasteiger partial charge in [0.15, 0.2) is 0 Å². The highest BCUT2D eigenvalue weighted by atomic mass is 32.1. The molecule has 0 bridgehead atoms. The molecule has 0 aliphatic rings. The Morgan fingerprint density at radius 3 is 2.50 bits per heavy atom. The lowest BCUT2D eigenvalue weighted by Gasteiger charge is -2.05. The van der Waals surface area contributed by atoms with E-state index in [-0.39, 0.29) is 11.9 Å². The van der Waals surface area contributed by atoms with E-state index < -0.39 is 0 Å². The van der Waals surface area contributed by atoms with Crippen LogP contribution in [0.2, 0.25) is 0 Å². The molecule has 3 N–H and O–H groups in total. The van der Waals surface area contributed by atoms with Gasteiger partial charge < -0.3 is 5.73 Å². The van der Waals surface area contributed by atoms with E-state index >= 15 is 0 Å². The van der Waals surface area contributed by atoms with Crippen molar-refractivity contribution < 1.29 is 4.79 Å². The molecule has 4 heteroatoms. The van der Waals surface area contributed by atoms with Crippen molar-refractivity contribution >= 4 is 18.7 Å².